The SMILES string of the molecule is CCc1ccsc1C(=O)N(CCC#N)c1ccccc1. The van der Waals surface area contributed by atoms with E-state index < -0.39 is 0 Å². The normalized spacial score (nSPS) is 10.0. The number of amides is 1. The maximum absolute atomic E-state index is 12.7. The number of thiophene rings is 1. The number of anilines is 1. The second kappa shape index (κ2) is 6.88. The first-order chi connectivity index (χ1) is 9.77. The van der Waals surface area contributed by atoms with Crippen LogP contribution < -0.4 is 4.90 Å². The van der Waals surface area contributed by atoms with Gasteiger partial charge < -0.3 is 4.90 Å². The fourth-order valence-electron chi connectivity index (χ4n) is 2.04. The molecule has 0 fully saturated rings. The summed E-state index contributed by atoms with van der Waals surface area (Å²) in [5, 5.41) is 10.7. The van der Waals surface area contributed by atoms with Gasteiger partial charge in [-0.3, -0.25) is 4.79 Å². The average molecular weight is 284 g/mol. The van der Waals surface area contributed by atoms with Gasteiger partial charge in [0.25, 0.3) is 5.91 Å². The number of benzene rings is 1. The second-order valence-corrected chi connectivity index (χ2v) is 5.25. The molecule has 0 N–H and O–H groups in total. The summed E-state index contributed by atoms with van der Waals surface area (Å²) in [5.41, 5.74) is 1.90. The minimum Gasteiger partial charge on any atom is -0.307 e. The Labute approximate surface area is 123 Å². The van der Waals surface area contributed by atoms with Crippen LogP contribution in [0.15, 0.2) is 41.8 Å². The average Bonchev–Trinajstić information content (AvgIpc) is 2.97. The molecule has 0 aliphatic carbocycles. The quantitative estimate of drug-likeness (QED) is 0.836. The number of nitriles is 1. The molecule has 1 aromatic carbocycles. The number of hydrogen-bond donors (Lipinski definition) is 0. The summed E-state index contributed by atoms with van der Waals surface area (Å²) in [7, 11) is 0. The van der Waals surface area contributed by atoms with Crippen molar-refractivity contribution in [3.8, 4) is 6.07 Å². The van der Waals surface area contributed by atoms with Crippen molar-refractivity contribution in [3.63, 3.8) is 0 Å². The van der Waals surface area contributed by atoms with E-state index in [-0.39, 0.29) is 5.91 Å². The molecular weight excluding hydrogens is 268 g/mol. The third-order valence-corrected chi connectivity index (χ3v) is 4.03. The second-order valence-electron chi connectivity index (χ2n) is 4.33. The summed E-state index contributed by atoms with van der Waals surface area (Å²) < 4.78 is 0. The van der Waals surface area contributed by atoms with Crippen molar-refractivity contribution in [1.82, 2.24) is 0 Å². The third kappa shape index (κ3) is 3.06. The van der Waals surface area contributed by atoms with Gasteiger partial charge >= 0.3 is 0 Å². The Kier molecular flexibility index (Phi) is 4.91. The lowest BCUT2D eigenvalue weighted by molar-refractivity contribution is 0.0990. The zero-order valence-corrected chi connectivity index (χ0v) is 12.2. The monoisotopic (exact) mass is 284 g/mol. The van der Waals surface area contributed by atoms with Crippen molar-refractivity contribution < 1.29 is 4.79 Å². The number of nitrogens with zero attached hydrogens (tertiary/aromatic N) is 2. The summed E-state index contributed by atoms with van der Waals surface area (Å²) in [6.07, 6.45) is 1.17. The van der Waals surface area contributed by atoms with E-state index in [2.05, 4.69) is 6.07 Å². The molecule has 3 nitrogen and oxygen atoms in total. The number of aryl methyl sites for hydroxylation is 1. The minimum absolute atomic E-state index is 0.0155. The molecule has 0 atom stereocenters. The first kappa shape index (κ1) is 14.3. The molecule has 4 heteroatoms. The lowest BCUT2D eigenvalue weighted by atomic mass is 10.2. The fourth-order valence-corrected chi connectivity index (χ4v) is 2.99. The summed E-state index contributed by atoms with van der Waals surface area (Å²) >= 11 is 1.46. The van der Waals surface area contributed by atoms with Crippen LogP contribution in [0.25, 0.3) is 0 Å². The molecule has 0 aliphatic rings. The molecule has 0 bridgehead atoms. The van der Waals surface area contributed by atoms with Gasteiger partial charge in [0.1, 0.15) is 0 Å². The molecule has 2 aromatic rings. The zero-order chi connectivity index (χ0) is 14.4. The van der Waals surface area contributed by atoms with E-state index >= 15 is 0 Å². The van der Waals surface area contributed by atoms with Crippen molar-refractivity contribution in [1.29, 1.82) is 5.26 Å². The lowest BCUT2D eigenvalue weighted by Crippen LogP contribution is -2.31. The number of carbonyl (C=O) groups excluding carboxylic acids is 1. The highest BCUT2D eigenvalue weighted by molar-refractivity contribution is 7.12. The Morgan fingerprint density at radius 1 is 1.30 bits per heavy atom. The summed E-state index contributed by atoms with van der Waals surface area (Å²) in [5.74, 6) is -0.0155. The van der Waals surface area contributed by atoms with Crippen molar-refractivity contribution >= 4 is 22.9 Å². The van der Waals surface area contributed by atoms with E-state index in [1.165, 1.54) is 11.3 Å². The summed E-state index contributed by atoms with van der Waals surface area (Å²) in [6, 6.07) is 13.6. The van der Waals surface area contributed by atoms with Crippen LogP contribution in [0.4, 0.5) is 5.69 Å². The van der Waals surface area contributed by atoms with Gasteiger partial charge in [0.05, 0.1) is 17.4 Å². The first-order valence-corrected chi connectivity index (χ1v) is 7.46. The van der Waals surface area contributed by atoms with Gasteiger partial charge in [-0.15, -0.1) is 11.3 Å². The van der Waals surface area contributed by atoms with Crippen molar-refractivity contribution in [2.75, 3.05) is 11.4 Å². The van der Waals surface area contributed by atoms with E-state index in [0.29, 0.717) is 13.0 Å². The van der Waals surface area contributed by atoms with Crippen LogP contribution in [0.5, 0.6) is 0 Å². The highest BCUT2D eigenvalue weighted by atomic mass is 32.1. The lowest BCUT2D eigenvalue weighted by Gasteiger charge is -2.21. The number of hydrogen-bond acceptors (Lipinski definition) is 3. The molecule has 0 saturated carbocycles. The van der Waals surface area contributed by atoms with Gasteiger partial charge in [-0.05, 0) is 35.6 Å². The van der Waals surface area contributed by atoms with Gasteiger partial charge in [-0.2, -0.15) is 5.26 Å². The molecule has 0 spiro atoms. The van der Waals surface area contributed by atoms with E-state index in [9.17, 15) is 4.79 Å². The predicted molar refractivity (Wildman–Crippen MR) is 82.0 cm³/mol. The standard InChI is InChI=1S/C16H16N2OS/c1-2-13-9-12-20-15(13)16(19)18(11-6-10-17)14-7-4-3-5-8-14/h3-5,7-9,12H,2,6,11H2,1H3. The van der Waals surface area contributed by atoms with Gasteiger partial charge in [0.15, 0.2) is 0 Å². The molecule has 0 unspecified atom stereocenters. The molecule has 0 radical (unpaired) electrons. The van der Waals surface area contributed by atoms with Crippen molar-refractivity contribution in [2.45, 2.75) is 19.8 Å². The largest absolute Gasteiger partial charge is 0.307 e. The third-order valence-electron chi connectivity index (χ3n) is 3.08. The van der Waals surface area contributed by atoms with Gasteiger partial charge in [-0.1, -0.05) is 25.1 Å². The smallest absolute Gasteiger partial charge is 0.268 e. The molecule has 1 amide bonds. The van der Waals surface area contributed by atoms with Crippen LogP contribution in [0.3, 0.4) is 0 Å². The number of carbonyl (C=O) groups is 1. The summed E-state index contributed by atoms with van der Waals surface area (Å²) in [4.78, 5) is 15.2. The van der Waals surface area contributed by atoms with E-state index in [0.717, 1.165) is 22.5 Å². The molecule has 102 valence electrons. The van der Waals surface area contributed by atoms with Crippen molar-refractivity contribution in [3.05, 3.63) is 52.2 Å². The Hall–Kier alpha value is -2.12. The van der Waals surface area contributed by atoms with Crippen LogP contribution in [0.2, 0.25) is 0 Å². The highest BCUT2D eigenvalue weighted by Gasteiger charge is 2.20. The van der Waals surface area contributed by atoms with Gasteiger partial charge in [0.2, 0.25) is 0 Å². The van der Waals surface area contributed by atoms with E-state index in [1.54, 1.807) is 4.90 Å². The molecule has 1 heterocycles. The Morgan fingerprint density at radius 3 is 2.70 bits per heavy atom. The van der Waals surface area contributed by atoms with Crippen LogP contribution in [0, 0.1) is 11.3 Å². The van der Waals surface area contributed by atoms with Crippen LogP contribution >= 0.6 is 11.3 Å². The Morgan fingerprint density at radius 2 is 2.05 bits per heavy atom. The van der Waals surface area contributed by atoms with Crippen LogP contribution in [-0.4, -0.2) is 12.5 Å². The van der Waals surface area contributed by atoms with Gasteiger partial charge in [-0.25, -0.2) is 0 Å². The topological polar surface area (TPSA) is 44.1 Å². The van der Waals surface area contributed by atoms with E-state index in [4.69, 9.17) is 5.26 Å². The van der Waals surface area contributed by atoms with Gasteiger partial charge in [0, 0.05) is 12.2 Å². The molecule has 0 aliphatic heterocycles. The Balaban J connectivity index is 2.32. The van der Waals surface area contributed by atoms with Crippen LogP contribution in [0.1, 0.15) is 28.6 Å². The predicted octanol–water partition coefficient (Wildman–Crippen LogP) is 3.87. The molecule has 1 aromatic heterocycles. The number of para-hydroxylation sites is 1. The first-order valence-electron chi connectivity index (χ1n) is 6.58. The van der Waals surface area contributed by atoms with Crippen LogP contribution in [-0.2, 0) is 6.42 Å². The maximum atomic E-state index is 12.7. The summed E-state index contributed by atoms with van der Waals surface area (Å²) in [6.45, 7) is 2.46. The molecule has 2 rings (SSSR count). The van der Waals surface area contributed by atoms with E-state index in [1.807, 2.05) is 48.7 Å². The van der Waals surface area contributed by atoms with Crippen molar-refractivity contribution in [2.24, 2.45) is 0 Å². The fraction of sp³-hybridized carbons (Fsp3) is 0.250. The Bertz CT molecular complexity index is 613. The maximum Gasteiger partial charge on any atom is 0.268 e. The number of rotatable bonds is 5. The molecule has 0 saturated heterocycles. The zero-order valence-electron chi connectivity index (χ0n) is 11.4. The minimum atomic E-state index is -0.0155. The molecule has 20 heavy (non-hydrogen) atoms. The molecular formula is C16H16N2OS. The highest BCUT2D eigenvalue weighted by Crippen LogP contribution is 2.23.